The fourth-order valence-corrected chi connectivity index (χ4v) is 2.62. The van der Waals surface area contributed by atoms with Crippen LogP contribution in [0.25, 0.3) is 11.1 Å². The van der Waals surface area contributed by atoms with E-state index < -0.39 is 0 Å². The molecule has 112 valence electrons. The molecule has 4 nitrogen and oxygen atoms in total. The molecule has 0 radical (unpaired) electrons. The van der Waals surface area contributed by atoms with Gasteiger partial charge in [0.2, 0.25) is 0 Å². The number of rotatable bonds is 3. The number of nitrogens with zero attached hydrogens (tertiary/aromatic N) is 2. The summed E-state index contributed by atoms with van der Waals surface area (Å²) in [5, 5.41) is 22.3. The maximum atomic E-state index is 9.53. The molecule has 0 bridgehead atoms. The van der Waals surface area contributed by atoms with Gasteiger partial charge in [0, 0.05) is 11.1 Å². The molecule has 23 heavy (non-hydrogen) atoms. The van der Waals surface area contributed by atoms with Gasteiger partial charge in [-0.25, -0.2) is 0 Å². The maximum absolute atomic E-state index is 9.53. The molecule has 1 aliphatic rings. The zero-order chi connectivity index (χ0) is 16.2. The Hall–Kier alpha value is -3.32. The van der Waals surface area contributed by atoms with Gasteiger partial charge >= 0.3 is 0 Å². The second-order valence-electron chi connectivity index (χ2n) is 5.01. The van der Waals surface area contributed by atoms with Crippen molar-refractivity contribution in [3.63, 3.8) is 0 Å². The minimum atomic E-state index is 0.288. The third-order valence-electron chi connectivity index (χ3n) is 3.73. The Labute approximate surface area is 134 Å². The number of hydrogen-bond acceptors (Lipinski definition) is 4. The number of ether oxygens (including phenoxy) is 1. The van der Waals surface area contributed by atoms with Crippen molar-refractivity contribution in [1.82, 2.24) is 0 Å². The first-order valence-corrected chi connectivity index (χ1v) is 7.07. The topological polar surface area (TPSA) is 65.6 Å². The maximum Gasteiger partial charge on any atom is 0.128 e. The van der Waals surface area contributed by atoms with Crippen LogP contribution in [-0.4, -0.2) is 18.0 Å². The van der Waals surface area contributed by atoms with E-state index >= 15 is 0 Å². The van der Waals surface area contributed by atoms with Crippen LogP contribution in [0.2, 0.25) is 0 Å². The second-order valence-corrected chi connectivity index (χ2v) is 5.01. The summed E-state index contributed by atoms with van der Waals surface area (Å²) in [7, 11) is 1.60. The minimum absolute atomic E-state index is 0.288. The third-order valence-corrected chi connectivity index (χ3v) is 3.73. The summed E-state index contributed by atoms with van der Waals surface area (Å²) in [5.74, 6) is 0.705. The van der Waals surface area contributed by atoms with Crippen LogP contribution in [0.1, 0.15) is 11.1 Å². The first kappa shape index (κ1) is 14.6. The molecule has 4 heteroatoms. The van der Waals surface area contributed by atoms with Gasteiger partial charge in [-0.3, -0.25) is 0 Å². The normalized spacial score (nSPS) is 15.5. The van der Waals surface area contributed by atoms with Gasteiger partial charge in [0.15, 0.2) is 0 Å². The van der Waals surface area contributed by atoms with Crippen LogP contribution in [0, 0.1) is 11.3 Å². The van der Waals surface area contributed by atoms with E-state index in [0.717, 1.165) is 22.3 Å². The standard InChI is InChI=1S/C19H14N2O2/c1-23-15-9-5-8-14(10-15)16-11-17(13-6-3-2-4-7-13)19(21-22)18(16)12-20/h2-11,22H,1H3. The van der Waals surface area contributed by atoms with Crippen LogP contribution >= 0.6 is 0 Å². The Morgan fingerprint density at radius 3 is 2.43 bits per heavy atom. The number of methoxy groups -OCH3 is 1. The van der Waals surface area contributed by atoms with Crippen LogP contribution in [-0.2, 0) is 0 Å². The number of allylic oxidation sites excluding steroid dienone is 4. The predicted octanol–water partition coefficient (Wildman–Crippen LogP) is 3.90. The second kappa shape index (κ2) is 6.20. The summed E-state index contributed by atoms with van der Waals surface area (Å²) in [6.45, 7) is 0. The largest absolute Gasteiger partial charge is 0.497 e. The van der Waals surface area contributed by atoms with Gasteiger partial charge in [-0.05, 0) is 29.3 Å². The smallest absolute Gasteiger partial charge is 0.128 e. The molecule has 0 saturated carbocycles. The lowest BCUT2D eigenvalue weighted by Crippen LogP contribution is -2.01. The van der Waals surface area contributed by atoms with Crippen LogP contribution in [0.4, 0.5) is 0 Å². The zero-order valence-electron chi connectivity index (χ0n) is 12.5. The van der Waals surface area contributed by atoms with Crippen molar-refractivity contribution in [3.05, 3.63) is 77.4 Å². The predicted molar refractivity (Wildman–Crippen MR) is 89.2 cm³/mol. The molecule has 0 amide bonds. The summed E-state index contributed by atoms with van der Waals surface area (Å²) >= 11 is 0. The van der Waals surface area contributed by atoms with Gasteiger partial charge in [0.05, 0.1) is 12.7 Å². The average molecular weight is 302 g/mol. The van der Waals surface area contributed by atoms with Gasteiger partial charge in [-0.1, -0.05) is 47.6 Å². The van der Waals surface area contributed by atoms with Crippen molar-refractivity contribution < 1.29 is 9.94 Å². The number of hydrogen-bond donors (Lipinski definition) is 1. The molecule has 0 heterocycles. The molecule has 0 unspecified atom stereocenters. The average Bonchev–Trinajstić information content (AvgIpc) is 3.01. The zero-order valence-corrected chi connectivity index (χ0v) is 12.5. The van der Waals surface area contributed by atoms with Crippen molar-refractivity contribution in [1.29, 1.82) is 5.26 Å². The van der Waals surface area contributed by atoms with Gasteiger partial charge in [0.25, 0.3) is 0 Å². The Morgan fingerprint density at radius 2 is 1.78 bits per heavy atom. The summed E-state index contributed by atoms with van der Waals surface area (Å²) in [6.07, 6.45) is 1.87. The Balaban J connectivity index is 2.16. The molecule has 1 N–H and O–H groups in total. The fourth-order valence-electron chi connectivity index (χ4n) is 2.62. The number of nitriles is 1. The number of benzene rings is 2. The van der Waals surface area contributed by atoms with Gasteiger partial charge < -0.3 is 9.94 Å². The van der Waals surface area contributed by atoms with Crippen molar-refractivity contribution >= 4 is 16.9 Å². The molecule has 0 spiro atoms. The first-order valence-electron chi connectivity index (χ1n) is 7.07. The van der Waals surface area contributed by atoms with Crippen LogP contribution in [0.15, 0.2) is 71.4 Å². The molecule has 0 fully saturated rings. The fraction of sp³-hybridized carbons (Fsp3) is 0.0526. The minimum Gasteiger partial charge on any atom is -0.497 e. The molecule has 3 rings (SSSR count). The van der Waals surface area contributed by atoms with Crippen molar-refractivity contribution in [2.75, 3.05) is 7.11 Å². The number of oxime groups is 1. The highest BCUT2D eigenvalue weighted by Gasteiger charge is 2.26. The monoisotopic (exact) mass is 302 g/mol. The lowest BCUT2D eigenvalue weighted by Gasteiger charge is -2.04. The lowest BCUT2D eigenvalue weighted by molar-refractivity contribution is 0.320. The van der Waals surface area contributed by atoms with Crippen molar-refractivity contribution in [2.24, 2.45) is 5.16 Å². The van der Waals surface area contributed by atoms with E-state index in [4.69, 9.17) is 4.74 Å². The molecule has 2 aromatic rings. The van der Waals surface area contributed by atoms with Crippen LogP contribution < -0.4 is 4.74 Å². The van der Waals surface area contributed by atoms with Crippen molar-refractivity contribution in [2.45, 2.75) is 0 Å². The van der Waals surface area contributed by atoms with E-state index in [9.17, 15) is 10.5 Å². The van der Waals surface area contributed by atoms with Crippen LogP contribution in [0.5, 0.6) is 5.75 Å². The highest BCUT2D eigenvalue weighted by atomic mass is 16.5. The highest BCUT2D eigenvalue weighted by molar-refractivity contribution is 6.40. The van der Waals surface area contributed by atoms with E-state index in [1.807, 2.05) is 60.7 Å². The molecule has 0 saturated heterocycles. The third kappa shape index (κ3) is 2.60. The molecule has 0 aromatic heterocycles. The molecular weight excluding hydrogens is 288 g/mol. The van der Waals surface area contributed by atoms with E-state index in [-0.39, 0.29) is 5.71 Å². The first-order chi connectivity index (χ1) is 11.3. The molecule has 1 aliphatic carbocycles. The van der Waals surface area contributed by atoms with E-state index in [1.165, 1.54) is 0 Å². The molecule has 0 aliphatic heterocycles. The highest BCUT2D eigenvalue weighted by Crippen LogP contribution is 2.36. The Bertz CT molecular complexity index is 872. The summed E-state index contributed by atoms with van der Waals surface area (Å²) in [6, 6.07) is 19.2. The molecular formula is C19H14N2O2. The van der Waals surface area contributed by atoms with E-state index in [2.05, 4.69) is 11.2 Å². The van der Waals surface area contributed by atoms with E-state index in [1.54, 1.807) is 7.11 Å². The molecule has 2 aromatic carbocycles. The van der Waals surface area contributed by atoms with Gasteiger partial charge in [0.1, 0.15) is 17.5 Å². The summed E-state index contributed by atoms with van der Waals surface area (Å²) in [5.41, 5.74) is 3.82. The lowest BCUT2D eigenvalue weighted by atomic mass is 10.0. The molecule has 0 atom stereocenters. The summed E-state index contributed by atoms with van der Waals surface area (Å²) < 4.78 is 5.24. The van der Waals surface area contributed by atoms with Crippen molar-refractivity contribution in [3.8, 4) is 11.8 Å². The summed E-state index contributed by atoms with van der Waals surface area (Å²) in [4.78, 5) is 0. The van der Waals surface area contributed by atoms with Crippen LogP contribution in [0.3, 0.4) is 0 Å². The SMILES string of the molecule is COc1cccc(C2=C(C#N)C(=NO)C(c3ccccc3)=C2)c1. The van der Waals surface area contributed by atoms with Gasteiger partial charge in [-0.15, -0.1) is 0 Å². The Morgan fingerprint density at radius 1 is 1.04 bits per heavy atom. The van der Waals surface area contributed by atoms with Gasteiger partial charge in [-0.2, -0.15) is 5.26 Å². The quantitative estimate of drug-likeness (QED) is 0.690. The Kier molecular flexibility index (Phi) is 3.94. The van der Waals surface area contributed by atoms with E-state index in [0.29, 0.717) is 11.3 Å².